The van der Waals surface area contributed by atoms with Gasteiger partial charge >= 0.3 is 18.1 Å². The molecule has 2 aromatic rings. The molecular weight excluding hydrogens is 507 g/mol. The number of nitrogens with one attached hydrogen (secondary N) is 2. The molecule has 0 spiro atoms. The van der Waals surface area contributed by atoms with Crippen LogP contribution in [0.25, 0.3) is 0 Å². The predicted molar refractivity (Wildman–Crippen MR) is 134 cm³/mol. The molecule has 9 nitrogen and oxygen atoms in total. The Kier molecular flexibility index (Phi) is 13.0. The summed E-state index contributed by atoms with van der Waals surface area (Å²) in [5.41, 5.74) is 1.79. The Balaban J connectivity index is 0.000000905. The number of rotatable bonds is 10. The van der Waals surface area contributed by atoms with Gasteiger partial charge in [-0.25, -0.2) is 4.79 Å². The van der Waals surface area contributed by atoms with Crippen molar-refractivity contribution in [3.8, 4) is 0 Å². The van der Waals surface area contributed by atoms with Crippen molar-refractivity contribution in [1.82, 2.24) is 10.2 Å². The molecule has 0 saturated heterocycles. The highest BCUT2D eigenvalue weighted by atomic mass is 19.4. The van der Waals surface area contributed by atoms with Gasteiger partial charge in [0.15, 0.2) is 0 Å². The number of hydrogen-bond acceptors (Lipinski definition) is 6. The molecule has 208 valence electrons. The topological polar surface area (TPSA) is 125 Å². The number of esters is 1. The summed E-state index contributed by atoms with van der Waals surface area (Å²) in [5.74, 6) is -3.72. The van der Waals surface area contributed by atoms with Crippen LogP contribution in [0.3, 0.4) is 0 Å². The Morgan fingerprint density at radius 3 is 2.03 bits per heavy atom. The van der Waals surface area contributed by atoms with E-state index >= 15 is 0 Å². The van der Waals surface area contributed by atoms with Crippen LogP contribution in [0.2, 0.25) is 0 Å². The number of aliphatic carboxylic acids is 1. The van der Waals surface area contributed by atoms with Gasteiger partial charge < -0.3 is 20.5 Å². The minimum atomic E-state index is -5.08. The van der Waals surface area contributed by atoms with Crippen molar-refractivity contribution in [2.24, 2.45) is 0 Å². The van der Waals surface area contributed by atoms with Crippen LogP contribution in [-0.2, 0) is 19.1 Å². The highest BCUT2D eigenvalue weighted by Gasteiger charge is 2.38. The summed E-state index contributed by atoms with van der Waals surface area (Å²) in [6.07, 6.45) is -5.08. The number of anilines is 1. The van der Waals surface area contributed by atoms with Crippen molar-refractivity contribution in [3.63, 3.8) is 0 Å². The van der Waals surface area contributed by atoms with E-state index in [-0.39, 0.29) is 43.0 Å². The maximum atomic E-state index is 12.8. The quantitative estimate of drug-likeness (QED) is 0.390. The van der Waals surface area contributed by atoms with Gasteiger partial charge in [0.25, 0.3) is 5.91 Å². The summed E-state index contributed by atoms with van der Waals surface area (Å²) in [6, 6.07) is 16.3. The van der Waals surface area contributed by atoms with Gasteiger partial charge in [-0.2, -0.15) is 13.2 Å². The Labute approximate surface area is 219 Å². The van der Waals surface area contributed by atoms with Gasteiger partial charge in [-0.1, -0.05) is 42.5 Å². The average Bonchev–Trinajstić information content (AvgIpc) is 2.84. The molecule has 0 saturated carbocycles. The number of carbonyl (C=O) groups is 4. The summed E-state index contributed by atoms with van der Waals surface area (Å²) in [7, 11) is 0. The highest BCUT2D eigenvalue weighted by Crippen LogP contribution is 2.18. The van der Waals surface area contributed by atoms with E-state index in [0.29, 0.717) is 17.9 Å². The van der Waals surface area contributed by atoms with E-state index in [1.807, 2.05) is 51.1 Å². The van der Waals surface area contributed by atoms with Crippen molar-refractivity contribution >= 4 is 29.4 Å². The van der Waals surface area contributed by atoms with E-state index in [1.54, 1.807) is 36.1 Å². The maximum absolute atomic E-state index is 12.8. The van der Waals surface area contributed by atoms with Gasteiger partial charge in [-0.05, 0) is 45.4 Å². The number of amides is 2. The second kappa shape index (κ2) is 15.4. The van der Waals surface area contributed by atoms with E-state index in [9.17, 15) is 27.6 Å². The van der Waals surface area contributed by atoms with E-state index in [4.69, 9.17) is 14.6 Å². The minimum absolute atomic E-state index is 0.00680. The fraction of sp³-hybridized carbons (Fsp3) is 0.385. The smallest absolute Gasteiger partial charge is 0.475 e. The Hall–Kier alpha value is -3.93. The van der Waals surface area contributed by atoms with Crippen LogP contribution in [0.5, 0.6) is 0 Å². The molecule has 2 amide bonds. The first-order chi connectivity index (χ1) is 17.8. The molecule has 12 heteroatoms. The number of halogens is 3. The number of carboxylic acids is 1. The average molecular weight is 540 g/mol. The predicted octanol–water partition coefficient (Wildman–Crippen LogP) is 4.02. The fourth-order valence-corrected chi connectivity index (χ4v) is 3.06. The lowest BCUT2D eigenvalue weighted by Crippen LogP contribution is -2.42. The SMILES string of the molecule is CCOC(=O)CN(CC(=O)Nc1ccccc1C(=O)NC(C)c1ccccc1)C(C)C.O=C(O)C(F)(F)F. The summed E-state index contributed by atoms with van der Waals surface area (Å²) < 4.78 is 36.7. The molecular formula is C26H32F3N3O6. The summed E-state index contributed by atoms with van der Waals surface area (Å²) in [6.45, 7) is 7.77. The third-order valence-corrected chi connectivity index (χ3v) is 5.05. The molecule has 0 aliphatic rings. The number of alkyl halides is 3. The molecule has 0 aliphatic carbocycles. The van der Waals surface area contributed by atoms with Crippen LogP contribution in [0.1, 0.15) is 49.7 Å². The van der Waals surface area contributed by atoms with Crippen molar-refractivity contribution in [2.75, 3.05) is 25.0 Å². The van der Waals surface area contributed by atoms with E-state index in [0.717, 1.165) is 5.56 Å². The molecule has 2 aromatic carbocycles. The van der Waals surface area contributed by atoms with Crippen LogP contribution in [0, 0.1) is 0 Å². The molecule has 1 unspecified atom stereocenters. The number of ether oxygens (including phenoxy) is 1. The largest absolute Gasteiger partial charge is 0.490 e. The van der Waals surface area contributed by atoms with Gasteiger partial charge in [0.05, 0.1) is 37.0 Å². The van der Waals surface area contributed by atoms with Gasteiger partial charge in [0, 0.05) is 6.04 Å². The highest BCUT2D eigenvalue weighted by molar-refractivity contribution is 6.04. The first-order valence-electron chi connectivity index (χ1n) is 11.7. The van der Waals surface area contributed by atoms with Crippen molar-refractivity contribution in [3.05, 3.63) is 65.7 Å². The molecule has 2 rings (SSSR count). The number of hydrogen-bond donors (Lipinski definition) is 3. The second-order valence-corrected chi connectivity index (χ2v) is 8.31. The lowest BCUT2D eigenvalue weighted by Gasteiger charge is -2.25. The first kappa shape index (κ1) is 32.1. The van der Waals surface area contributed by atoms with E-state index < -0.39 is 12.1 Å². The lowest BCUT2D eigenvalue weighted by molar-refractivity contribution is -0.192. The molecule has 3 N–H and O–H groups in total. The van der Waals surface area contributed by atoms with Crippen molar-refractivity contribution in [1.29, 1.82) is 0 Å². The standard InChI is InChI=1S/C24H31N3O4.C2HF3O2/c1-5-31-23(29)16-27(17(2)3)15-22(28)26-21-14-10-9-13-20(21)24(30)25-18(4)19-11-7-6-8-12-19;3-2(4,5)1(6)7/h6-14,17-18H,5,15-16H2,1-4H3,(H,25,30)(H,26,28);(H,6,7). The zero-order valence-electron chi connectivity index (χ0n) is 21.5. The Bertz CT molecular complexity index is 1080. The van der Waals surface area contributed by atoms with Gasteiger partial charge in [-0.3, -0.25) is 19.3 Å². The first-order valence-corrected chi connectivity index (χ1v) is 11.7. The molecule has 0 aromatic heterocycles. The van der Waals surface area contributed by atoms with Crippen LogP contribution < -0.4 is 10.6 Å². The van der Waals surface area contributed by atoms with Crippen LogP contribution in [0.15, 0.2) is 54.6 Å². The van der Waals surface area contributed by atoms with Gasteiger partial charge in [0.2, 0.25) is 5.91 Å². The monoisotopic (exact) mass is 539 g/mol. The van der Waals surface area contributed by atoms with Crippen molar-refractivity contribution in [2.45, 2.75) is 46.0 Å². The van der Waals surface area contributed by atoms with Crippen LogP contribution in [-0.4, -0.2) is 65.7 Å². The number of benzene rings is 2. The molecule has 0 heterocycles. The molecule has 0 aliphatic heterocycles. The third-order valence-electron chi connectivity index (χ3n) is 5.05. The Morgan fingerprint density at radius 2 is 1.50 bits per heavy atom. The molecule has 38 heavy (non-hydrogen) atoms. The van der Waals surface area contributed by atoms with Crippen molar-refractivity contribution < 1.29 is 42.2 Å². The summed E-state index contributed by atoms with van der Waals surface area (Å²) in [5, 5.41) is 12.9. The van der Waals surface area contributed by atoms with Gasteiger partial charge in [0.1, 0.15) is 0 Å². The fourth-order valence-electron chi connectivity index (χ4n) is 3.06. The lowest BCUT2D eigenvalue weighted by atomic mass is 10.1. The molecule has 1 atom stereocenters. The third kappa shape index (κ3) is 11.4. The minimum Gasteiger partial charge on any atom is -0.475 e. The van der Waals surface area contributed by atoms with Crippen LogP contribution in [0.4, 0.5) is 18.9 Å². The van der Waals surface area contributed by atoms with E-state index in [2.05, 4.69) is 10.6 Å². The number of para-hydroxylation sites is 1. The van der Waals surface area contributed by atoms with Crippen LogP contribution >= 0.6 is 0 Å². The molecule has 0 radical (unpaired) electrons. The second-order valence-electron chi connectivity index (χ2n) is 8.31. The zero-order valence-corrected chi connectivity index (χ0v) is 21.5. The molecule has 0 bridgehead atoms. The zero-order chi connectivity index (χ0) is 28.9. The number of nitrogens with zero attached hydrogens (tertiary/aromatic N) is 1. The number of carboxylic acid groups (broad SMARTS) is 1. The normalized spacial score (nSPS) is 11.7. The summed E-state index contributed by atoms with van der Waals surface area (Å²) >= 11 is 0. The molecule has 0 fully saturated rings. The summed E-state index contributed by atoms with van der Waals surface area (Å²) in [4.78, 5) is 47.9. The Morgan fingerprint density at radius 1 is 0.947 bits per heavy atom. The maximum Gasteiger partial charge on any atom is 0.490 e. The van der Waals surface area contributed by atoms with E-state index in [1.165, 1.54) is 0 Å². The van der Waals surface area contributed by atoms with Gasteiger partial charge in [-0.15, -0.1) is 0 Å². The number of carbonyl (C=O) groups excluding carboxylic acids is 3.